The summed E-state index contributed by atoms with van der Waals surface area (Å²) < 4.78 is 26.8. The van der Waals surface area contributed by atoms with Crippen LogP contribution in [0.3, 0.4) is 0 Å². The highest BCUT2D eigenvalue weighted by atomic mass is 79.9. The van der Waals surface area contributed by atoms with Crippen molar-refractivity contribution in [3.8, 4) is 0 Å². The number of benzene rings is 1. The van der Waals surface area contributed by atoms with E-state index < -0.39 is 15.6 Å². The molecule has 0 unspecified atom stereocenters. The monoisotopic (exact) mass is 347 g/mol. The van der Waals surface area contributed by atoms with Gasteiger partial charge in [-0.15, -0.1) is 0 Å². The van der Waals surface area contributed by atoms with Crippen LogP contribution >= 0.6 is 15.9 Å². The number of likely N-dealkylation sites (N-methyl/N-ethyl adjacent to an activating group) is 1. The molecule has 1 aromatic rings. The molecular weight excluding hydrogens is 330 g/mol. The van der Waals surface area contributed by atoms with Crippen LogP contribution in [0.25, 0.3) is 0 Å². The average Bonchev–Trinajstić information content (AvgIpc) is 2.76. The summed E-state index contributed by atoms with van der Waals surface area (Å²) in [5.41, 5.74) is -0.864. The lowest BCUT2D eigenvalue weighted by Crippen LogP contribution is -2.41. The van der Waals surface area contributed by atoms with Crippen molar-refractivity contribution in [2.24, 2.45) is 0 Å². The number of aliphatic hydroxyl groups is 1. The van der Waals surface area contributed by atoms with Crippen molar-refractivity contribution in [1.29, 1.82) is 0 Å². The second-order valence-corrected chi connectivity index (χ2v) is 8.11. The van der Waals surface area contributed by atoms with Crippen LogP contribution in [0.5, 0.6) is 0 Å². The Morgan fingerprint density at radius 3 is 2.32 bits per heavy atom. The third kappa shape index (κ3) is 3.37. The normalized spacial score (nSPS) is 18.9. The first-order chi connectivity index (χ1) is 8.83. The molecule has 0 radical (unpaired) electrons. The molecule has 2 rings (SSSR count). The summed E-state index contributed by atoms with van der Waals surface area (Å²) in [5, 5.41) is 10.3. The molecule has 0 saturated heterocycles. The Hall–Kier alpha value is -0.430. The van der Waals surface area contributed by atoms with Gasteiger partial charge < -0.3 is 5.11 Å². The molecule has 1 aliphatic carbocycles. The first kappa shape index (κ1) is 15.0. The molecule has 0 heterocycles. The van der Waals surface area contributed by atoms with Crippen molar-refractivity contribution < 1.29 is 13.5 Å². The summed E-state index contributed by atoms with van der Waals surface area (Å²) in [5.74, 6) is 0. The molecule has 1 saturated carbocycles. The van der Waals surface area contributed by atoms with E-state index in [4.69, 9.17) is 0 Å². The molecule has 0 aliphatic heterocycles. The molecule has 19 heavy (non-hydrogen) atoms. The number of hydrogen-bond acceptors (Lipinski definition) is 3. The quantitative estimate of drug-likeness (QED) is 0.909. The average molecular weight is 348 g/mol. The zero-order chi connectivity index (χ0) is 14.1. The molecule has 1 N–H and O–H groups in total. The SMILES string of the molecule is CN(CC1(O)CCCC1)S(=O)(=O)c1ccc(Br)cc1. The van der Waals surface area contributed by atoms with Crippen molar-refractivity contribution in [2.45, 2.75) is 36.2 Å². The number of rotatable bonds is 4. The molecule has 1 aromatic carbocycles. The summed E-state index contributed by atoms with van der Waals surface area (Å²) in [6.07, 6.45) is 3.27. The van der Waals surface area contributed by atoms with Gasteiger partial charge in [-0.05, 0) is 37.1 Å². The minimum absolute atomic E-state index is 0.158. The van der Waals surface area contributed by atoms with Gasteiger partial charge in [0.25, 0.3) is 0 Å². The van der Waals surface area contributed by atoms with E-state index in [9.17, 15) is 13.5 Å². The van der Waals surface area contributed by atoms with E-state index >= 15 is 0 Å². The Kier molecular flexibility index (Phi) is 4.35. The molecule has 0 atom stereocenters. The van der Waals surface area contributed by atoms with Crippen molar-refractivity contribution in [2.75, 3.05) is 13.6 Å². The fourth-order valence-electron chi connectivity index (χ4n) is 2.48. The molecule has 1 fully saturated rings. The highest BCUT2D eigenvalue weighted by Crippen LogP contribution is 2.31. The standard InChI is InChI=1S/C13H18BrNO3S/c1-15(10-13(16)8-2-3-9-13)19(17,18)12-6-4-11(14)5-7-12/h4-7,16H,2-3,8-10H2,1H3. The summed E-state index contributed by atoms with van der Waals surface area (Å²) in [7, 11) is -2.01. The Morgan fingerprint density at radius 1 is 1.26 bits per heavy atom. The van der Waals surface area contributed by atoms with Crippen LogP contribution in [-0.2, 0) is 10.0 Å². The maximum Gasteiger partial charge on any atom is 0.242 e. The van der Waals surface area contributed by atoms with Crippen LogP contribution in [0.2, 0.25) is 0 Å². The van der Waals surface area contributed by atoms with Gasteiger partial charge in [-0.3, -0.25) is 0 Å². The van der Waals surface area contributed by atoms with Crippen LogP contribution in [0.4, 0.5) is 0 Å². The second-order valence-electron chi connectivity index (χ2n) is 5.15. The zero-order valence-corrected chi connectivity index (χ0v) is 13.2. The lowest BCUT2D eigenvalue weighted by Gasteiger charge is -2.28. The van der Waals surface area contributed by atoms with E-state index in [-0.39, 0.29) is 11.4 Å². The van der Waals surface area contributed by atoms with Crippen molar-refractivity contribution >= 4 is 26.0 Å². The fraction of sp³-hybridized carbons (Fsp3) is 0.538. The van der Waals surface area contributed by atoms with Crippen LogP contribution in [-0.4, -0.2) is 37.0 Å². The molecule has 0 amide bonds. The first-order valence-electron chi connectivity index (χ1n) is 6.28. The van der Waals surface area contributed by atoms with Crippen LogP contribution in [0, 0.1) is 0 Å². The van der Waals surface area contributed by atoms with Crippen LogP contribution in [0.1, 0.15) is 25.7 Å². The summed E-state index contributed by atoms with van der Waals surface area (Å²) in [6.45, 7) is 0.158. The number of nitrogens with zero attached hydrogens (tertiary/aromatic N) is 1. The molecule has 106 valence electrons. The lowest BCUT2D eigenvalue weighted by atomic mass is 10.0. The largest absolute Gasteiger partial charge is 0.389 e. The van der Waals surface area contributed by atoms with Gasteiger partial charge in [0.05, 0.1) is 10.5 Å². The van der Waals surface area contributed by atoms with Gasteiger partial charge in [-0.25, -0.2) is 8.42 Å². The van der Waals surface area contributed by atoms with Gasteiger partial charge in [0.2, 0.25) is 10.0 Å². The molecular formula is C13H18BrNO3S. The summed E-state index contributed by atoms with van der Waals surface area (Å²) in [6, 6.07) is 6.53. The Morgan fingerprint density at radius 2 is 1.79 bits per heavy atom. The highest BCUT2D eigenvalue weighted by Gasteiger charge is 2.35. The topological polar surface area (TPSA) is 57.6 Å². The molecule has 4 nitrogen and oxygen atoms in total. The van der Waals surface area contributed by atoms with Crippen molar-refractivity contribution in [3.05, 3.63) is 28.7 Å². The van der Waals surface area contributed by atoms with Gasteiger partial charge in [-0.1, -0.05) is 28.8 Å². The summed E-state index contributed by atoms with van der Waals surface area (Å²) in [4.78, 5) is 0.250. The lowest BCUT2D eigenvalue weighted by molar-refractivity contribution is 0.0333. The minimum Gasteiger partial charge on any atom is -0.389 e. The Bertz CT molecular complexity index is 536. The first-order valence-corrected chi connectivity index (χ1v) is 8.51. The van der Waals surface area contributed by atoms with Crippen LogP contribution in [0.15, 0.2) is 33.6 Å². The van der Waals surface area contributed by atoms with Crippen molar-refractivity contribution in [3.63, 3.8) is 0 Å². The summed E-state index contributed by atoms with van der Waals surface area (Å²) >= 11 is 3.28. The Labute approximate surface area is 122 Å². The van der Waals surface area contributed by atoms with Gasteiger partial charge >= 0.3 is 0 Å². The number of sulfonamides is 1. The van der Waals surface area contributed by atoms with Gasteiger partial charge in [0, 0.05) is 18.1 Å². The van der Waals surface area contributed by atoms with Gasteiger partial charge in [0.15, 0.2) is 0 Å². The fourth-order valence-corrected chi connectivity index (χ4v) is 3.99. The van der Waals surface area contributed by atoms with Gasteiger partial charge in [0.1, 0.15) is 0 Å². The second kappa shape index (κ2) is 5.52. The number of halogens is 1. The molecule has 1 aliphatic rings. The van der Waals surface area contributed by atoms with E-state index in [0.717, 1.165) is 17.3 Å². The van der Waals surface area contributed by atoms with Crippen LogP contribution < -0.4 is 0 Å². The molecule has 0 spiro atoms. The number of hydrogen-bond donors (Lipinski definition) is 1. The van der Waals surface area contributed by atoms with E-state index in [1.165, 1.54) is 11.4 Å². The smallest absolute Gasteiger partial charge is 0.242 e. The zero-order valence-electron chi connectivity index (χ0n) is 10.8. The van der Waals surface area contributed by atoms with Crippen molar-refractivity contribution in [1.82, 2.24) is 4.31 Å². The third-order valence-corrected chi connectivity index (χ3v) is 5.92. The predicted molar refractivity (Wildman–Crippen MR) is 77.4 cm³/mol. The molecule has 6 heteroatoms. The maximum atomic E-state index is 12.4. The minimum atomic E-state index is -3.53. The third-order valence-electron chi connectivity index (χ3n) is 3.57. The van der Waals surface area contributed by atoms with E-state index in [2.05, 4.69) is 15.9 Å². The molecule has 0 bridgehead atoms. The predicted octanol–water partition coefficient (Wildman–Crippen LogP) is 2.37. The van der Waals surface area contributed by atoms with E-state index in [0.29, 0.717) is 12.8 Å². The molecule has 0 aromatic heterocycles. The van der Waals surface area contributed by atoms with E-state index in [1.54, 1.807) is 24.3 Å². The maximum absolute atomic E-state index is 12.4. The highest BCUT2D eigenvalue weighted by molar-refractivity contribution is 9.10. The van der Waals surface area contributed by atoms with Gasteiger partial charge in [-0.2, -0.15) is 4.31 Å². The van der Waals surface area contributed by atoms with E-state index in [1.807, 2.05) is 0 Å². The Balaban J connectivity index is 2.17.